The Morgan fingerprint density at radius 1 is 1.07 bits per heavy atom. The van der Waals surface area contributed by atoms with E-state index in [1.54, 1.807) is 0 Å². The van der Waals surface area contributed by atoms with Crippen LogP contribution < -0.4 is 20.1 Å². The molecule has 9 heteroatoms. The lowest BCUT2D eigenvalue weighted by atomic mass is 10.0. The van der Waals surface area contributed by atoms with Crippen LogP contribution in [0.3, 0.4) is 0 Å². The van der Waals surface area contributed by atoms with E-state index in [1.165, 1.54) is 11.9 Å². The fourth-order valence-electron chi connectivity index (χ4n) is 3.10. The van der Waals surface area contributed by atoms with Crippen LogP contribution >= 0.6 is 0 Å². The van der Waals surface area contributed by atoms with Crippen LogP contribution in [0.15, 0.2) is 48.8 Å². The van der Waals surface area contributed by atoms with Gasteiger partial charge in [-0.2, -0.15) is 0 Å². The highest BCUT2D eigenvalue weighted by Crippen LogP contribution is 2.34. The summed E-state index contributed by atoms with van der Waals surface area (Å²) in [5.41, 5.74) is 2.56. The molecule has 1 aromatic heterocycles. The van der Waals surface area contributed by atoms with Gasteiger partial charge in [0.1, 0.15) is 6.33 Å². The van der Waals surface area contributed by atoms with Crippen molar-refractivity contribution in [2.24, 2.45) is 0 Å². The van der Waals surface area contributed by atoms with E-state index in [0.29, 0.717) is 29.6 Å². The van der Waals surface area contributed by atoms with Crippen LogP contribution in [0.4, 0.5) is 23.0 Å². The minimum absolute atomic E-state index is 0.125. The molecule has 0 bridgehead atoms. The van der Waals surface area contributed by atoms with Gasteiger partial charge >= 0.3 is 5.69 Å². The van der Waals surface area contributed by atoms with Crippen molar-refractivity contribution in [2.75, 3.05) is 17.4 Å². The molecule has 2 heterocycles. The number of aromatic nitrogens is 2. The zero-order valence-electron chi connectivity index (χ0n) is 16.6. The summed E-state index contributed by atoms with van der Waals surface area (Å²) in [4.78, 5) is 19.4. The Bertz CT molecular complexity index is 1070. The third kappa shape index (κ3) is 4.09. The van der Waals surface area contributed by atoms with Gasteiger partial charge in [-0.25, -0.2) is 9.97 Å². The monoisotopic (exact) mass is 407 g/mol. The van der Waals surface area contributed by atoms with Gasteiger partial charge in [-0.15, -0.1) is 0 Å². The molecule has 154 valence electrons. The minimum Gasteiger partial charge on any atom is -0.454 e. The number of ether oxygens (including phenoxy) is 2. The first kappa shape index (κ1) is 19.4. The lowest BCUT2D eigenvalue weighted by molar-refractivity contribution is -0.383. The third-order valence-electron chi connectivity index (χ3n) is 4.74. The summed E-state index contributed by atoms with van der Waals surface area (Å²) in [5.74, 6) is 1.99. The standard InChI is InChI=1S/C21H21N5O4/c1-13(2)15-4-6-16(7-5-15)25-21-19(26(27)28)20(23-11-24-21)22-10-14-3-8-17-18(9-14)30-12-29-17/h3-9,11,13H,10,12H2,1-2H3,(H2,22,23,24,25). The predicted molar refractivity (Wildman–Crippen MR) is 112 cm³/mol. The molecular formula is C21H21N5O4. The Kier molecular flexibility index (Phi) is 5.34. The van der Waals surface area contributed by atoms with E-state index in [-0.39, 0.29) is 24.1 Å². The van der Waals surface area contributed by atoms with E-state index in [9.17, 15) is 10.1 Å². The maximum absolute atomic E-state index is 11.7. The van der Waals surface area contributed by atoms with Gasteiger partial charge in [0.25, 0.3) is 0 Å². The molecular weight excluding hydrogens is 386 g/mol. The molecule has 2 N–H and O–H groups in total. The second kappa shape index (κ2) is 8.24. The fraction of sp³-hybridized carbons (Fsp3) is 0.238. The number of nitrogens with one attached hydrogen (secondary N) is 2. The molecule has 0 spiro atoms. The molecule has 9 nitrogen and oxygen atoms in total. The van der Waals surface area contributed by atoms with Gasteiger partial charge in [0.05, 0.1) is 4.92 Å². The summed E-state index contributed by atoms with van der Waals surface area (Å²) in [6.07, 6.45) is 1.29. The van der Waals surface area contributed by atoms with Crippen LogP contribution in [0.2, 0.25) is 0 Å². The molecule has 30 heavy (non-hydrogen) atoms. The van der Waals surface area contributed by atoms with Crippen molar-refractivity contribution < 1.29 is 14.4 Å². The van der Waals surface area contributed by atoms with Crippen LogP contribution in [0.1, 0.15) is 30.9 Å². The van der Waals surface area contributed by atoms with E-state index in [0.717, 1.165) is 5.56 Å². The van der Waals surface area contributed by atoms with Gasteiger partial charge in [-0.1, -0.05) is 32.0 Å². The van der Waals surface area contributed by atoms with Crippen molar-refractivity contribution in [1.29, 1.82) is 0 Å². The molecule has 0 amide bonds. The number of rotatable bonds is 7. The van der Waals surface area contributed by atoms with Gasteiger partial charge in [0, 0.05) is 12.2 Å². The lowest BCUT2D eigenvalue weighted by Crippen LogP contribution is -2.08. The molecule has 3 aromatic rings. The molecule has 0 saturated carbocycles. The third-order valence-corrected chi connectivity index (χ3v) is 4.74. The van der Waals surface area contributed by atoms with Crippen LogP contribution in [-0.4, -0.2) is 21.7 Å². The van der Waals surface area contributed by atoms with Crippen LogP contribution in [-0.2, 0) is 6.54 Å². The summed E-state index contributed by atoms with van der Waals surface area (Å²) in [7, 11) is 0. The molecule has 0 unspecified atom stereocenters. The largest absolute Gasteiger partial charge is 0.454 e. The summed E-state index contributed by atoms with van der Waals surface area (Å²) < 4.78 is 10.7. The zero-order valence-corrected chi connectivity index (χ0v) is 16.6. The van der Waals surface area contributed by atoms with Crippen molar-refractivity contribution in [2.45, 2.75) is 26.3 Å². The molecule has 2 aromatic carbocycles. The molecule has 0 fully saturated rings. The minimum atomic E-state index is -0.493. The maximum Gasteiger partial charge on any atom is 0.353 e. The fourth-order valence-corrected chi connectivity index (χ4v) is 3.10. The van der Waals surface area contributed by atoms with E-state index in [1.807, 2.05) is 42.5 Å². The first-order valence-corrected chi connectivity index (χ1v) is 9.50. The van der Waals surface area contributed by atoms with Crippen molar-refractivity contribution in [3.63, 3.8) is 0 Å². The van der Waals surface area contributed by atoms with Gasteiger partial charge in [0.2, 0.25) is 18.4 Å². The zero-order chi connectivity index (χ0) is 21.1. The molecule has 0 saturated heterocycles. The summed E-state index contributed by atoms with van der Waals surface area (Å²) >= 11 is 0. The summed E-state index contributed by atoms with van der Waals surface area (Å²) in [6.45, 7) is 4.74. The Morgan fingerprint density at radius 3 is 2.53 bits per heavy atom. The molecule has 0 atom stereocenters. The highest BCUT2D eigenvalue weighted by atomic mass is 16.7. The highest BCUT2D eigenvalue weighted by Gasteiger charge is 2.23. The molecule has 0 aliphatic carbocycles. The predicted octanol–water partition coefficient (Wildman–Crippen LogP) is 4.59. The molecule has 4 rings (SSSR count). The van der Waals surface area contributed by atoms with Gasteiger partial charge < -0.3 is 20.1 Å². The Labute approximate surface area is 173 Å². The number of nitrogens with zero attached hydrogens (tertiary/aromatic N) is 3. The first-order valence-electron chi connectivity index (χ1n) is 9.50. The average molecular weight is 407 g/mol. The normalized spacial score (nSPS) is 12.1. The van der Waals surface area contributed by atoms with Crippen LogP contribution in [0, 0.1) is 10.1 Å². The van der Waals surface area contributed by atoms with Crippen LogP contribution in [0.5, 0.6) is 11.5 Å². The molecule has 1 aliphatic rings. The van der Waals surface area contributed by atoms with E-state index < -0.39 is 4.92 Å². The van der Waals surface area contributed by atoms with E-state index >= 15 is 0 Å². The van der Waals surface area contributed by atoms with E-state index in [4.69, 9.17) is 9.47 Å². The van der Waals surface area contributed by atoms with Gasteiger partial charge in [-0.05, 0) is 41.3 Å². The van der Waals surface area contributed by atoms with Crippen LogP contribution in [0.25, 0.3) is 0 Å². The SMILES string of the molecule is CC(C)c1ccc(Nc2ncnc(NCc3ccc4c(c3)OCO4)c2[N+](=O)[O-])cc1. The van der Waals surface area contributed by atoms with Crippen molar-refractivity contribution >= 4 is 23.0 Å². The van der Waals surface area contributed by atoms with Crippen molar-refractivity contribution in [1.82, 2.24) is 9.97 Å². The Morgan fingerprint density at radius 2 is 1.80 bits per heavy atom. The number of anilines is 3. The van der Waals surface area contributed by atoms with Crippen molar-refractivity contribution in [3.8, 4) is 11.5 Å². The second-order valence-corrected chi connectivity index (χ2v) is 7.12. The summed E-state index contributed by atoms with van der Waals surface area (Å²) in [5, 5.41) is 17.8. The molecule has 1 aliphatic heterocycles. The average Bonchev–Trinajstić information content (AvgIpc) is 3.20. The highest BCUT2D eigenvalue weighted by molar-refractivity contribution is 5.73. The van der Waals surface area contributed by atoms with E-state index in [2.05, 4.69) is 34.4 Å². The summed E-state index contributed by atoms with van der Waals surface area (Å²) in [6, 6.07) is 13.2. The van der Waals surface area contributed by atoms with Crippen molar-refractivity contribution in [3.05, 3.63) is 70.0 Å². The lowest BCUT2D eigenvalue weighted by Gasteiger charge is -2.11. The second-order valence-electron chi connectivity index (χ2n) is 7.12. The first-order chi connectivity index (χ1) is 14.5. The Hall–Kier alpha value is -3.88. The number of hydrogen-bond acceptors (Lipinski definition) is 8. The van der Waals surface area contributed by atoms with Gasteiger partial charge in [-0.3, -0.25) is 10.1 Å². The number of nitro groups is 1. The molecule has 0 radical (unpaired) electrons. The quantitative estimate of drug-likeness (QED) is 0.432. The maximum atomic E-state index is 11.7. The topological polar surface area (TPSA) is 111 Å². The Balaban J connectivity index is 1.54. The smallest absolute Gasteiger partial charge is 0.353 e. The number of fused-ring (bicyclic) bond motifs is 1. The number of hydrogen-bond donors (Lipinski definition) is 2. The van der Waals surface area contributed by atoms with Gasteiger partial charge in [0.15, 0.2) is 11.5 Å². The number of benzene rings is 2.